The van der Waals surface area contributed by atoms with Crippen molar-refractivity contribution >= 4 is 17.5 Å². The highest BCUT2D eigenvalue weighted by Crippen LogP contribution is 2.22. The average molecular weight is 381 g/mol. The van der Waals surface area contributed by atoms with Gasteiger partial charge < -0.3 is 10.6 Å². The first kappa shape index (κ1) is 21.3. The first-order valence-corrected chi connectivity index (χ1v) is 9.63. The van der Waals surface area contributed by atoms with Crippen molar-refractivity contribution in [1.82, 2.24) is 5.32 Å². The van der Waals surface area contributed by atoms with Gasteiger partial charge in [0.05, 0.1) is 0 Å². The molecule has 0 aliphatic heterocycles. The summed E-state index contributed by atoms with van der Waals surface area (Å²) < 4.78 is 0. The van der Waals surface area contributed by atoms with Crippen molar-refractivity contribution in [3.63, 3.8) is 0 Å². The van der Waals surface area contributed by atoms with Gasteiger partial charge in [-0.2, -0.15) is 0 Å². The molecule has 6 heteroatoms. The van der Waals surface area contributed by atoms with Gasteiger partial charge >= 0.3 is 0 Å². The van der Waals surface area contributed by atoms with Crippen molar-refractivity contribution in [3.05, 3.63) is 59.5 Å². The molecule has 2 amide bonds. The molecule has 0 aliphatic carbocycles. The molecule has 1 atom stereocenters. The summed E-state index contributed by atoms with van der Waals surface area (Å²) in [7, 11) is 1.49. The molecule has 0 fully saturated rings. The maximum atomic E-state index is 12.2. The van der Waals surface area contributed by atoms with Crippen LogP contribution in [0.4, 0.5) is 5.69 Å². The third kappa shape index (κ3) is 6.95. The number of nitroso groups, excluding NO2 is 1. The highest BCUT2D eigenvalue weighted by Gasteiger charge is 2.16. The minimum Gasteiger partial charge on any atom is -0.357 e. The smallest absolute Gasteiger partial charge is 0.248 e. The molecular formula is C22H27N3O3. The van der Waals surface area contributed by atoms with E-state index in [2.05, 4.69) is 15.8 Å². The van der Waals surface area contributed by atoms with E-state index in [4.69, 9.17) is 0 Å². The number of rotatable bonds is 11. The van der Waals surface area contributed by atoms with Gasteiger partial charge in [0.25, 0.3) is 0 Å². The number of nitrogens with zero attached hydrogens (tertiary/aromatic N) is 1. The molecule has 2 N–H and O–H groups in total. The van der Waals surface area contributed by atoms with Gasteiger partial charge in [-0.1, -0.05) is 66.9 Å². The zero-order valence-electron chi connectivity index (χ0n) is 16.2. The van der Waals surface area contributed by atoms with Gasteiger partial charge in [-0.3, -0.25) is 9.59 Å². The van der Waals surface area contributed by atoms with Gasteiger partial charge in [0.15, 0.2) is 6.04 Å². The molecule has 0 saturated carbocycles. The fraction of sp³-hybridized carbons (Fsp3) is 0.364. The van der Waals surface area contributed by atoms with Crippen LogP contribution in [-0.2, 0) is 9.59 Å². The highest BCUT2D eigenvalue weighted by atomic mass is 16.3. The molecule has 2 rings (SSSR count). The lowest BCUT2D eigenvalue weighted by Gasteiger charge is -2.08. The molecule has 0 aromatic heterocycles. The molecule has 0 saturated heterocycles. The first-order chi connectivity index (χ1) is 13.6. The molecule has 2 aromatic carbocycles. The van der Waals surface area contributed by atoms with Gasteiger partial charge in [-0.05, 0) is 36.1 Å². The number of nitrogens with one attached hydrogen (secondary N) is 2. The van der Waals surface area contributed by atoms with Crippen molar-refractivity contribution in [2.75, 3.05) is 12.4 Å². The number of hydrogen-bond acceptors (Lipinski definition) is 4. The Morgan fingerprint density at radius 2 is 1.64 bits per heavy atom. The zero-order chi connectivity index (χ0) is 20.2. The SMILES string of the molecule is CNC(=O)C(CCCCCCC(=O)Nc1cccc(-c2ccccc2)c1)N=O. The van der Waals surface area contributed by atoms with Crippen LogP contribution in [0.15, 0.2) is 59.8 Å². The van der Waals surface area contributed by atoms with Crippen LogP contribution >= 0.6 is 0 Å². The van der Waals surface area contributed by atoms with Crippen molar-refractivity contribution in [1.29, 1.82) is 0 Å². The summed E-state index contributed by atoms with van der Waals surface area (Å²) in [6, 6.07) is 17.0. The lowest BCUT2D eigenvalue weighted by atomic mass is 10.0. The summed E-state index contributed by atoms with van der Waals surface area (Å²) >= 11 is 0. The van der Waals surface area contributed by atoms with E-state index in [1.807, 2.05) is 54.6 Å². The Morgan fingerprint density at radius 1 is 0.929 bits per heavy atom. The molecule has 6 nitrogen and oxygen atoms in total. The van der Waals surface area contributed by atoms with Gasteiger partial charge in [-0.15, -0.1) is 4.91 Å². The van der Waals surface area contributed by atoms with Crippen LogP contribution in [-0.4, -0.2) is 24.9 Å². The molecular weight excluding hydrogens is 354 g/mol. The molecule has 0 aliphatic rings. The van der Waals surface area contributed by atoms with Crippen LogP contribution in [0.2, 0.25) is 0 Å². The second-order valence-electron chi connectivity index (χ2n) is 6.68. The summed E-state index contributed by atoms with van der Waals surface area (Å²) in [5.74, 6) is -0.352. The topological polar surface area (TPSA) is 87.6 Å². The molecule has 0 heterocycles. The molecule has 148 valence electrons. The molecule has 28 heavy (non-hydrogen) atoms. The number of unbranched alkanes of at least 4 members (excludes halogenated alkanes) is 3. The Hall–Kier alpha value is -3.02. The quantitative estimate of drug-likeness (QED) is 0.443. The maximum Gasteiger partial charge on any atom is 0.248 e. The number of carbonyl (C=O) groups excluding carboxylic acids is 2. The number of hydrogen-bond donors (Lipinski definition) is 2. The Bertz CT molecular complexity index is 778. The fourth-order valence-corrected chi connectivity index (χ4v) is 3.01. The Morgan fingerprint density at radius 3 is 2.36 bits per heavy atom. The third-order valence-corrected chi connectivity index (χ3v) is 4.56. The number of carbonyl (C=O) groups is 2. The number of benzene rings is 2. The minimum atomic E-state index is -0.815. The highest BCUT2D eigenvalue weighted by molar-refractivity contribution is 5.91. The monoisotopic (exact) mass is 381 g/mol. The lowest BCUT2D eigenvalue weighted by Crippen LogP contribution is -2.30. The predicted octanol–water partition coefficient (Wildman–Crippen LogP) is 4.51. The van der Waals surface area contributed by atoms with E-state index in [0.717, 1.165) is 42.5 Å². The molecule has 0 spiro atoms. The van der Waals surface area contributed by atoms with E-state index < -0.39 is 6.04 Å². The van der Waals surface area contributed by atoms with Crippen molar-refractivity contribution < 1.29 is 9.59 Å². The first-order valence-electron chi connectivity index (χ1n) is 9.63. The van der Waals surface area contributed by atoms with E-state index in [1.54, 1.807) is 0 Å². The zero-order valence-corrected chi connectivity index (χ0v) is 16.2. The van der Waals surface area contributed by atoms with Crippen LogP contribution in [0.25, 0.3) is 11.1 Å². The van der Waals surface area contributed by atoms with Crippen LogP contribution in [0, 0.1) is 4.91 Å². The minimum absolute atomic E-state index is 0.0111. The number of likely N-dealkylation sites (N-methyl/N-ethyl adjacent to an activating group) is 1. The lowest BCUT2D eigenvalue weighted by molar-refractivity contribution is -0.122. The van der Waals surface area contributed by atoms with Crippen LogP contribution in [0.3, 0.4) is 0 Å². The van der Waals surface area contributed by atoms with Crippen molar-refractivity contribution in [2.45, 2.75) is 44.6 Å². The number of amides is 2. The Labute approximate surface area is 165 Å². The van der Waals surface area contributed by atoms with E-state index in [-0.39, 0.29) is 11.8 Å². The fourth-order valence-electron chi connectivity index (χ4n) is 3.01. The molecule has 0 bridgehead atoms. The Balaban J connectivity index is 1.69. The van der Waals surface area contributed by atoms with E-state index in [1.165, 1.54) is 7.05 Å². The summed E-state index contributed by atoms with van der Waals surface area (Å²) in [5.41, 5.74) is 2.96. The predicted molar refractivity (Wildman–Crippen MR) is 112 cm³/mol. The van der Waals surface area contributed by atoms with Crippen molar-refractivity contribution in [3.8, 4) is 11.1 Å². The number of anilines is 1. The van der Waals surface area contributed by atoms with E-state index in [0.29, 0.717) is 12.8 Å². The largest absolute Gasteiger partial charge is 0.357 e. The third-order valence-electron chi connectivity index (χ3n) is 4.56. The standard InChI is InChI=1S/C22H27N3O3/c1-23-22(27)20(25-28)14-7-2-3-8-15-21(26)24-19-13-9-12-18(16-19)17-10-5-4-6-11-17/h4-6,9-13,16,20H,2-3,7-8,14-15H2,1H3,(H,23,27)(H,24,26). The summed E-state index contributed by atoms with van der Waals surface area (Å²) in [4.78, 5) is 34.2. The van der Waals surface area contributed by atoms with Crippen LogP contribution in [0.1, 0.15) is 38.5 Å². The second-order valence-corrected chi connectivity index (χ2v) is 6.68. The normalized spacial score (nSPS) is 11.5. The molecule has 0 radical (unpaired) electrons. The second kappa shape index (κ2) is 11.6. The maximum absolute atomic E-state index is 12.2. The van der Waals surface area contributed by atoms with Gasteiger partial charge in [0.2, 0.25) is 11.8 Å². The van der Waals surface area contributed by atoms with Crippen LogP contribution < -0.4 is 10.6 Å². The summed E-state index contributed by atoms with van der Waals surface area (Å²) in [5, 5.41) is 8.23. The summed E-state index contributed by atoms with van der Waals surface area (Å²) in [6.07, 6.45) is 4.13. The van der Waals surface area contributed by atoms with Crippen molar-refractivity contribution in [2.24, 2.45) is 5.18 Å². The van der Waals surface area contributed by atoms with Gasteiger partial charge in [-0.25, -0.2) is 0 Å². The van der Waals surface area contributed by atoms with Gasteiger partial charge in [0, 0.05) is 19.2 Å². The Kier molecular flexibility index (Phi) is 8.85. The molecule has 2 aromatic rings. The molecule has 1 unspecified atom stereocenters. The van der Waals surface area contributed by atoms with Crippen LogP contribution in [0.5, 0.6) is 0 Å². The average Bonchev–Trinajstić information content (AvgIpc) is 2.73. The summed E-state index contributed by atoms with van der Waals surface area (Å²) in [6.45, 7) is 0. The van der Waals surface area contributed by atoms with Gasteiger partial charge in [0.1, 0.15) is 0 Å². The van der Waals surface area contributed by atoms with E-state index in [9.17, 15) is 14.5 Å². The van der Waals surface area contributed by atoms with E-state index >= 15 is 0 Å².